The molecule has 3 rings (SSSR count). The summed E-state index contributed by atoms with van der Waals surface area (Å²) in [6.45, 7) is 2.95. The summed E-state index contributed by atoms with van der Waals surface area (Å²) in [4.78, 5) is 34.8. The van der Waals surface area contributed by atoms with E-state index >= 15 is 0 Å². The molecule has 1 saturated heterocycles. The van der Waals surface area contributed by atoms with Gasteiger partial charge in [-0.15, -0.1) is 0 Å². The largest absolute Gasteiger partial charge is 0.493 e. The van der Waals surface area contributed by atoms with Gasteiger partial charge in [0.1, 0.15) is 5.82 Å². The van der Waals surface area contributed by atoms with E-state index < -0.39 is 5.91 Å². The van der Waals surface area contributed by atoms with Gasteiger partial charge in [0, 0.05) is 43.4 Å². The van der Waals surface area contributed by atoms with Crippen LogP contribution in [0.4, 0.5) is 11.8 Å². The molecule has 1 aromatic carbocycles. The summed E-state index contributed by atoms with van der Waals surface area (Å²) < 4.78 is 11.0. The van der Waals surface area contributed by atoms with E-state index in [1.165, 1.54) is 0 Å². The Balaban J connectivity index is 1.58. The summed E-state index contributed by atoms with van der Waals surface area (Å²) in [5.41, 5.74) is 2.33. The van der Waals surface area contributed by atoms with E-state index in [2.05, 4.69) is 32.9 Å². The fourth-order valence-corrected chi connectivity index (χ4v) is 4.26. The van der Waals surface area contributed by atoms with Crippen LogP contribution in [0.25, 0.3) is 10.9 Å². The van der Waals surface area contributed by atoms with Gasteiger partial charge in [-0.3, -0.25) is 14.8 Å². The minimum Gasteiger partial charge on any atom is -0.493 e. The van der Waals surface area contributed by atoms with Crippen molar-refractivity contribution < 1.29 is 24.3 Å². The number of hydrogen-bond acceptors (Lipinski definition) is 10. The zero-order chi connectivity index (χ0) is 26.6. The number of hydrogen-bond donors (Lipinski definition) is 5. The second-order valence-corrected chi connectivity index (χ2v) is 9.21. The number of fused-ring (bicyclic) bond motifs is 1. The summed E-state index contributed by atoms with van der Waals surface area (Å²) in [7, 11) is 5.33. The number of nitrogens with zero attached hydrogens (tertiary/aromatic N) is 3. The first-order valence-electron chi connectivity index (χ1n) is 12.8. The predicted octanol–water partition coefficient (Wildman–Crippen LogP) is 2.14. The normalized spacial score (nSPS) is 14.3. The number of carbonyl (C=O) groups is 2. The van der Waals surface area contributed by atoms with Crippen LogP contribution in [0, 0.1) is 0 Å². The Kier molecular flexibility index (Phi) is 11.0. The van der Waals surface area contributed by atoms with Gasteiger partial charge in [-0.25, -0.2) is 10.5 Å². The lowest BCUT2D eigenvalue weighted by Crippen LogP contribution is -2.37. The maximum atomic E-state index is 12.1. The van der Waals surface area contributed by atoms with Crippen LogP contribution in [0.2, 0.25) is 0 Å². The topological polar surface area (TPSA) is 150 Å². The van der Waals surface area contributed by atoms with Crippen molar-refractivity contribution in [2.24, 2.45) is 0 Å². The summed E-state index contributed by atoms with van der Waals surface area (Å²) >= 11 is 0. The highest BCUT2D eigenvalue weighted by molar-refractivity contribution is 5.92. The number of ether oxygens (including phenoxy) is 2. The Morgan fingerprint density at radius 3 is 2.35 bits per heavy atom. The molecular weight excluding hydrogens is 478 g/mol. The van der Waals surface area contributed by atoms with Gasteiger partial charge in [0.15, 0.2) is 11.5 Å². The highest BCUT2D eigenvalue weighted by atomic mass is 16.5. The third-order valence-electron chi connectivity index (χ3n) is 6.42. The molecule has 1 fully saturated rings. The molecule has 204 valence electrons. The first kappa shape index (κ1) is 28.2. The molecule has 37 heavy (non-hydrogen) atoms. The molecule has 2 amide bonds. The molecular formula is C25H39N7O5. The number of benzene rings is 1. The van der Waals surface area contributed by atoms with Crippen molar-refractivity contribution in [2.75, 3.05) is 58.1 Å². The number of aromatic nitrogens is 2. The van der Waals surface area contributed by atoms with Gasteiger partial charge in [-0.1, -0.05) is 6.42 Å². The Labute approximate surface area is 217 Å². The molecule has 2 aromatic rings. The Morgan fingerprint density at radius 1 is 1.00 bits per heavy atom. The molecule has 0 saturated carbocycles. The number of rotatable bonds is 14. The highest BCUT2D eigenvalue weighted by Gasteiger charge is 2.20. The molecule has 2 heterocycles. The van der Waals surface area contributed by atoms with Crippen molar-refractivity contribution in [1.82, 2.24) is 25.7 Å². The predicted molar refractivity (Wildman–Crippen MR) is 141 cm³/mol. The van der Waals surface area contributed by atoms with Gasteiger partial charge in [0.05, 0.1) is 19.7 Å². The number of methoxy groups -OCH3 is 2. The monoisotopic (exact) mass is 517 g/mol. The van der Waals surface area contributed by atoms with Crippen LogP contribution in [-0.2, 0) is 9.59 Å². The number of piperidine rings is 1. The van der Waals surface area contributed by atoms with Crippen molar-refractivity contribution in [2.45, 2.75) is 51.0 Å². The van der Waals surface area contributed by atoms with Crippen LogP contribution in [0.3, 0.4) is 0 Å². The van der Waals surface area contributed by atoms with E-state index in [1.54, 1.807) is 19.7 Å². The van der Waals surface area contributed by atoms with Gasteiger partial charge in [-0.2, -0.15) is 4.98 Å². The molecule has 1 aromatic heterocycles. The third-order valence-corrected chi connectivity index (χ3v) is 6.42. The minimum atomic E-state index is -0.409. The quantitative estimate of drug-likeness (QED) is 0.143. The number of anilines is 2. The second kappa shape index (κ2) is 14.4. The Hall–Kier alpha value is -3.38. The number of hydroxylamine groups is 1. The van der Waals surface area contributed by atoms with Gasteiger partial charge >= 0.3 is 0 Å². The minimum absolute atomic E-state index is 0.0470. The third kappa shape index (κ3) is 8.60. The molecule has 0 atom stereocenters. The van der Waals surface area contributed by atoms with E-state index in [0.29, 0.717) is 55.8 Å². The summed E-state index contributed by atoms with van der Waals surface area (Å²) in [6.07, 6.45) is 4.75. The molecule has 0 aliphatic carbocycles. The van der Waals surface area contributed by atoms with E-state index in [-0.39, 0.29) is 12.3 Å². The molecule has 0 radical (unpaired) electrons. The fourth-order valence-electron chi connectivity index (χ4n) is 4.26. The standard InChI is InChI=1S/C25H39N7O5/c1-32-13-9-17(10-14-32)28-24-18-15-20(36-2)21(37-3)16-19(18)29-25(30-24)27-12-11-26-22(33)7-5-4-6-8-23(34)31-35/h15-17,35H,4-14H2,1-3H3,(H,26,33)(H,31,34)(H2,27,28,29,30). The van der Waals surface area contributed by atoms with Crippen molar-refractivity contribution in [1.29, 1.82) is 0 Å². The lowest BCUT2D eigenvalue weighted by Gasteiger charge is -2.30. The van der Waals surface area contributed by atoms with Gasteiger partial charge < -0.3 is 30.3 Å². The molecule has 5 N–H and O–H groups in total. The van der Waals surface area contributed by atoms with Crippen molar-refractivity contribution in [3.63, 3.8) is 0 Å². The smallest absolute Gasteiger partial charge is 0.243 e. The fraction of sp³-hybridized carbons (Fsp3) is 0.600. The van der Waals surface area contributed by atoms with Gasteiger partial charge in [0.25, 0.3) is 0 Å². The zero-order valence-corrected chi connectivity index (χ0v) is 21.9. The highest BCUT2D eigenvalue weighted by Crippen LogP contribution is 2.35. The lowest BCUT2D eigenvalue weighted by molar-refractivity contribution is -0.129. The van der Waals surface area contributed by atoms with Crippen LogP contribution < -0.4 is 30.9 Å². The van der Waals surface area contributed by atoms with E-state index in [9.17, 15) is 9.59 Å². The number of nitrogens with one attached hydrogen (secondary N) is 4. The molecule has 12 heteroatoms. The number of likely N-dealkylation sites (tertiary alicyclic amines) is 1. The molecule has 1 aliphatic heterocycles. The maximum Gasteiger partial charge on any atom is 0.243 e. The second-order valence-electron chi connectivity index (χ2n) is 9.21. The molecule has 12 nitrogen and oxygen atoms in total. The lowest BCUT2D eigenvalue weighted by atomic mass is 10.1. The Morgan fingerprint density at radius 2 is 1.68 bits per heavy atom. The van der Waals surface area contributed by atoms with Crippen molar-refractivity contribution >= 4 is 34.5 Å². The summed E-state index contributed by atoms with van der Waals surface area (Å²) in [5, 5.41) is 19.0. The van der Waals surface area contributed by atoms with Crippen LogP contribution in [0.1, 0.15) is 44.9 Å². The first-order chi connectivity index (χ1) is 17.9. The summed E-state index contributed by atoms with van der Waals surface area (Å²) in [5.74, 6) is 1.95. The van der Waals surface area contributed by atoms with Crippen molar-refractivity contribution in [3.8, 4) is 11.5 Å². The van der Waals surface area contributed by atoms with Crippen LogP contribution in [0.15, 0.2) is 12.1 Å². The number of carbonyl (C=O) groups excluding carboxylic acids is 2. The average molecular weight is 518 g/mol. The van der Waals surface area contributed by atoms with E-state index in [1.807, 2.05) is 12.1 Å². The first-order valence-corrected chi connectivity index (χ1v) is 12.8. The summed E-state index contributed by atoms with van der Waals surface area (Å²) in [6, 6.07) is 4.05. The van der Waals surface area contributed by atoms with Crippen LogP contribution >= 0.6 is 0 Å². The van der Waals surface area contributed by atoms with E-state index in [0.717, 1.165) is 49.1 Å². The molecule has 0 spiro atoms. The van der Waals surface area contributed by atoms with Gasteiger partial charge in [-0.05, 0) is 51.9 Å². The zero-order valence-electron chi connectivity index (χ0n) is 21.9. The number of amides is 2. The van der Waals surface area contributed by atoms with Crippen LogP contribution in [0.5, 0.6) is 11.5 Å². The Bertz CT molecular complexity index is 1040. The maximum absolute atomic E-state index is 12.1. The molecule has 0 bridgehead atoms. The SMILES string of the molecule is COc1cc2nc(NCCNC(=O)CCCCCC(=O)NO)nc(NC3CCN(C)CC3)c2cc1OC. The van der Waals surface area contributed by atoms with Crippen molar-refractivity contribution in [3.05, 3.63) is 12.1 Å². The van der Waals surface area contributed by atoms with E-state index in [4.69, 9.17) is 19.7 Å². The average Bonchev–Trinajstić information content (AvgIpc) is 2.91. The molecule has 0 unspecified atom stereocenters. The van der Waals surface area contributed by atoms with Gasteiger partial charge in [0.2, 0.25) is 17.8 Å². The van der Waals surface area contributed by atoms with Crippen LogP contribution in [-0.4, -0.2) is 85.4 Å². The molecule has 1 aliphatic rings. The number of unbranched alkanes of at least 4 members (excludes halogenated alkanes) is 2.